The van der Waals surface area contributed by atoms with Gasteiger partial charge < -0.3 is 14.2 Å². The van der Waals surface area contributed by atoms with Gasteiger partial charge in [0.25, 0.3) is 0 Å². The van der Waals surface area contributed by atoms with Gasteiger partial charge in [-0.15, -0.1) is 18.2 Å². The Balaban J connectivity index is 3.35. The zero-order valence-corrected chi connectivity index (χ0v) is 17.0. The van der Waals surface area contributed by atoms with Crippen LogP contribution in [0.25, 0.3) is 0 Å². The number of hydrogen-bond donors (Lipinski definition) is 0. The molecule has 0 unspecified atom stereocenters. The third-order valence-electron chi connectivity index (χ3n) is 4.44. The van der Waals surface area contributed by atoms with Gasteiger partial charge in [-0.3, -0.25) is 9.59 Å². The van der Waals surface area contributed by atoms with Crippen LogP contribution in [0, 0.1) is 13.8 Å². The average Bonchev–Trinajstić information content (AvgIpc) is 2.80. The van der Waals surface area contributed by atoms with E-state index in [1.807, 2.05) is 0 Å². The second-order valence-electron chi connectivity index (χ2n) is 6.15. The number of carbonyl (C=O) groups is 3. The van der Waals surface area contributed by atoms with Crippen LogP contribution in [0.2, 0.25) is 0 Å². The molecule has 0 aromatic carbocycles. The monoisotopic (exact) mass is 382 g/mol. The molecule has 0 aliphatic heterocycles. The number of alkyl halides is 1. The number of ether oxygens (including phenoxy) is 1. The maximum absolute atomic E-state index is 13.1. The van der Waals surface area contributed by atoms with Crippen molar-refractivity contribution in [1.29, 1.82) is 0 Å². The first-order valence-corrected chi connectivity index (χ1v) is 8.96. The predicted molar refractivity (Wildman–Crippen MR) is 102 cm³/mol. The predicted octanol–water partition coefficient (Wildman–Crippen LogP) is 3.03. The third kappa shape index (κ3) is 4.18. The Labute approximate surface area is 159 Å². The number of rotatable bonds is 8. The SMILES string of the molecule is C=CCN(C(=O)[C@@H](C)Cl)[C@@H](C)C(=O)c1c(C)c(C(=O)OCC)n(C)c1C. The van der Waals surface area contributed by atoms with Crippen molar-refractivity contribution < 1.29 is 19.1 Å². The van der Waals surface area contributed by atoms with E-state index in [0.717, 1.165) is 0 Å². The van der Waals surface area contributed by atoms with Crippen LogP contribution in [0.15, 0.2) is 12.7 Å². The molecular weight excluding hydrogens is 356 g/mol. The van der Waals surface area contributed by atoms with Crippen LogP contribution in [0.3, 0.4) is 0 Å². The van der Waals surface area contributed by atoms with E-state index in [1.165, 1.54) is 4.90 Å². The molecule has 1 aromatic rings. The van der Waals surface area contributed by atoms with Crippen molar-refractivity contribution in [3.05, 3.63) is 35.2 Å². The van der Waals surface area contributed by atoms with Gasteiger partial charge in [0.15, 0.2) is 5.78 Å². The highest BCUT2D eigenvalue weighted by atomic mass is 35.5. The van der Waals surface area contributed by atoms with Crippen LogP contribution in [-0.2, 0) is 16.6 Å². The number of esters is 1. The standard InChI is InChI=1S/C19H27ClN2O4/c1-8-10-22(18(24)12(4)20)14(6)17(23)15-11(3)16(19(25)26-9-2)21(7)13(15)5/h8,12,14H,1,9-10H2,2-7H3/t12-,14+/m1/s1. The summed E-state index contributed by atoms with van der Waals surface area (Å²) in [4.78, 5) is 39.1. The van der Waals surface area contributed by atoms with E-state index in [9.17, 15) is 14.4 Å². The maximum atomic E-state index is 13.1. The Morgan fingerprint density at radius 1 is 1.31 bits per heavy atom. The van der Waals surface area contributed by atoms with Gasteiger partial charge in [-0.25, -0.2) is 4.79 Å². The minimum Gasteiger partial charge on any atom is -0.461 e. The highest BCUT2D eigenvalue weighted by molar-refractivity contribution is 6.30. The zero-order chi connectivity index (χ0) is 20.2. The van der Waals surface area contributed by atoms with Gasteiger partial charge in [0, 0.05) is 24.8 Å². The first-order chi connectivity index (χ1) is 12.1. The van der Waals surface area contributed by atoms with Gasteiger partial charge in [0.05, 0.1) is 12.6 Å². The van der Waals surface area contributed by atoms with Gasteiger partial charge in [-0.05, 0) is 40.2 Å². The molecule has 1 amide bonds. The molecule has 1 aromatic heterocycles. The van der Waals surface area contributed by atoms with Crippen LogP contribution in [-0.4, -0.2) is 51.7 Å². The number of hydrogen-bond acceptors (Lipinski definition) is 4. The van der Waals surface area contributed by atoms with E-state index in [2.05, 4.69) is 6.58 Å². The molecule has 1 heterocycles. The fraction of sp³-hybridized carbons (Fsp3) is 0.526. The largest absolute Gasteiger partial charge is 0.461 e. The molecule has 2 atom stereocenters. The number of Topliss-reactive ketones (excluding diaryl/α,β-unsaturated/α-hetero) is 1. The van der Waals surface area contributed by atoms with E-state index in [0.29, 0.717) is 22.5 Å². The topological polar surface area (TPSA) is 68.6 Å². The van der Waals surface area contributed by atoms with Gasteiger partial charge in [0.2, 0.25) is 5.91 Å². The highest BCUT2D eigenvalue weighted by Crippen LogP contribution is 2.25. The summed E-state index contributed by atoms with van der Waals surface area (Å²) in [5, 5.41) is -0.752. The molecule has 7 heteroatoms. The van der Waals surface area contributed by atoms with Crippen LogP contribution in [0.5, 0.6) is 0 Å². The van der Waals surface area contributed by atoms with Crippen molar-refractivity contribution in [3.8, 4) is 0 Å². The maximum Gasteiger partial charge on any atom is 0.355 e. The van der Waals surface area contributed by atoms with Crippen molar-refractivity contribution in [2.45, 2.75) is 46.0 Å². The Kier molecular flexibility index (Phi) is 7.63. The minimum atomic E-state index is -0.752. The Bertz CT molecular complexity index is 722. The molecule has 0 saturated heterocycles. The minimum absolute atomic E-state index is 0.207. The molecule has 0 N–H and O–H groups in total. The average molecular weight is 383 g/mol. The summed E-state index contributed by atoms with van der Waals surface area (Å²) in [5.41, 5.74) is 1.96. The molecule has 0 aliphatic carbocycles. The van der Waals surface area contributed by atoms with Crippen LogP contribution in [0.1, 0.15) is 52.9 Å². The van der Waals surface area contributed by atoms with Crippen molar-refractivity contribution in [2.24, 2.45) is 7.05 Å². The molecule has 26 heavy (non-hydrogen) atoms. The lowest BCUT2D eigenvalue weighted by Gasteiger charge is -2.28. The molecule has 6 nitrogen and oxygen atoms in total. The molecule has 0 bridgehead atoms. The lowest BCUT2D eigenvalue weighted by molar-refractivity contribution is -0.131. The zero-order valence-electron chi connectivity index (χ0n) is 16.3. The second-order valence-corrected chi connectivity index (χ2v) is 6.80. The first kappa shape index (κ1) is 22.0. The summed E-state index contributed by atoms with van der Waals surface area (Å²) in [6.07, 6.45) is 1.55. The Hall–Kier alpha value is -2.08. The van der Waals surface area contributed by atoms with Gasteiger partial charge in [-0.1, -0.05) is 6.08 Å². The number of amides is 1. The molecular formula is C19H27ClN2O4. The molecule has 0 saturated carbocycles. The summed E-state index contributed by atoms with van der Waals surface area (Å²) in [5.74, 6) is -1.07. The fourth-order valence-electron chi connectivity index (χ4n) is 2.99. The summed E-state index contributed by atoms with van der Waals surface area (Å²) in [6.45, 7) is 12.5. The van der Waals surface area contributed by atoms with E-state index in [4.69, 9.17) is 16.3 Å². The van der Waals surface area contributed by atoms with Crippen LogP contribution >= 0.6 is 11.6 Å². The van der Waals surface area contributed by atoms with E-state index in [-0.39, 0.29) is 24.8 Å². The molecule has 0 radical (unpaired) electrons. The second kappa shape index (κ2) is 9.03. The summed E-state index contributed by atoms with van der Waals surface area (Å²) < 4.78 is 6.74. The Morgan fingerprint density at radius 2 is 1.88 bits per heavy atom. The van der Waals surface area contributed by atoms with Gasteiger partial charge in [-0.2, -0.15) is 0 Å². The summed E-state index contributed by atoms with van der Waals surface area (Å²) >= 11 is 5.92. The third-order valence-corrected chi connectivity index (χ3v) is 4.63. The molecule has 0 aliphatic rings. The highest BCUT2D eigenvalue weighted by Gasteiger charge is 2.33. The normalized spacial score (nSPS) is 13.0. The van der Waals surface area contributed by atoms with Crippen LogP contribution in [0.4, 0.5) is 0 Å². The van der Waals surface area contributed by atoms with Crippen molar-refractivity contribution >= 4 is 29.3 Å². The lowest BCUT2D eigenvalue weighted by atomic mass is 9.99. The number of aromatic nitrogens is 1. The smallest absolute Gasteiger partial charge is 0.355 e. The number of halogens is 1. The summed E-state index contributed by atoms with van der Waals surface area (Å²) in [6, 6.07) is -0.739. The summed E-state index contributed by atoms with van der Waals surface area (Å²) in [7, 11) is 1.71. The molecule has 1 rings (SSSR count). The number of nitrogens with zero attached hydrogens (tertiary/aromatic N) is 2. The number of ketones is 1. The quantitative estimate of drug-likeness (QED) is 0.300. The molecule has 0 fully saturated rings. The lowest BCUT2D eigenvalue weighted by Crippen LogP contribution is -2.46. The van der Waals surface area contributed by atoms with Crippen molar-refractivity contribution in [1.82, 2.24) is 9.47 Å². The first-order valence-electron chi connectivity index (χ1n) is 8.52. The molecule has 0 spiro atoms. The van der Waals surface area contributed by atoms with E-state index in [1.54, 1.807) is 52.3 Å². The van der Waals surface area contributed by atoms with E-state index >= 15 is 0 Å². The van der Waals surface area contributed by atoms with Gasteiger partial charge in [0.1, 0.15) is 11.1 Å². The van der Waals surface area contributed by atoms with Crippen molar-refractivity contribution in [3.63, 3.8) is 0 Å². The van der Waals surface area contributed by atoms with Crippen molar-refractivity contribution in [2.75, 3.05) is 13.2 Å². The van der Waals surface area contributed by atoms with E-state index < -0.39 is 17.4 Å². The van der Waals surface area contributed by atoms with Crippen LogP contribution < -0.4 is 0 Å². The molecule has 144 valence electrons. The van der Waals surface area contributed by atoms with Gasteiger partial charge >= 0.3 is 5.97 Å². The fourth-order valence-corrected chi connectivity index (χ4v) is 3.11. The Morgan fingerprint density at radius 3 is 2.35 bits per heavy atom. The number of carbonyl (C=O) groups excluding carboxylic acids is 3.